The van der Waals surface area contributed by atoms with Crippen molar-refractivity contribution in [1.82, 2.24) is 4.90 Å². The maximum absolute atomic E-state index is 12.2. The molecule has 1 rings (SSSR count). The van der Waals surface area contributed by atoms with Crippen molar-refractivity contribution in [2.75, 3.05) is 27.8 Å². The monoisotopic (exact) mass is 313 g/mol. The van der Waals surface area contributed by atoms with E-state index >= 15 is 0 Å². The van der Waals surface area contributed by atoms with Crippen LogP contribution in [0.15, 0.2) is 18.2 Å². The molecular weight excluding hydrogens is 298 g/mol. The van der Waals surface area contributed by atoms with Gasteiger partial charge in [0.1, 0.15) is 0 Å². The van der Waals surface area contributed by atoms with E-state index in [0.717, 1.165) is 18.2 Å². The van der Waals surface area contributed by atoms with E-state index < -0.39 is 33.4 Å². The Morgan fingerprint density at radius 3 is 1.95 bits per heavy atom. The Balaban J connectivity index is 3.11. The fraction of sp³-hybridized carbons (Fsp3) is 0.417. The molecule has 0 aromatic heterocycles. The van der Waals surface area contributed by atoms with Crippen molar-refractivity contribution in [2.24, 2.45) is 0 Å². The van der Waals surface area contributed by atoms with Gasteiger partial charge in [0.05, 0.1) is 28.0 Å². The second kappa shape index (κ2) is 7.43. The number of nitrogens with zero attached hydrogens (tertiary/aromatic N) is 3. The number of carbonyl (C=O) groups is 1. The molecule has 0 heterocycles. The van der Waals surface area contributed by atoms with Gasteiger partial charge in [0, 0.05) is 33.4 Å². The van der Waals surface area contributed by atoms with Crippen LogP contribution in [-0.2, 0) is 9.47 Å². The molecule has 120 valence electrons. The summed E-state index contributed by atoms with van der Waals surface area (Å²) < 4.78 is 9.89. The number of amides is 1. The summed E-state index contributed by atoms with van der Waals surface area (Å²) in [6, 6.07) is 2.77. The number of benzene rings is 1. The minimum absolute atomic E-state index is 0.0579. The average molecular weight is 313 g/mol. The highest BCUT2D eigenvalue weighted by atomic mass is 16.7. The van der Waals surface area contributed by atoms with Crippen molar-refractivity contribution < 1.29 is 24.1 Å². The molecular formula is C12H15N3O7. The largest absolute Gasteiger partial charge is 0.354 e. The third kappa shape index (κ3) is 4.20. The van der Waals surface area contributed by atoms with Crippen LogP contribution in [0.3, 0.4) is 0 Å². The molecule has 0 fully saturated rings. The van der Waals surface area contributed by atoms with Gasteiger partial charge in [-0.2, -0.15) is 0 Å². The van der Waals surface area contributed by atoms with Gasteiger partial charge in [-0.05, 0) is 0 Å². The Bertz CT molecular complexity index is 554. The summed E-state index contributed by atoms with van der Waals surface area (Å²) in [7, 11) is 4.22. The molecule has 0 saturated heterocycles. The van der Waals surface area contributed by atoms with Gasteiger partial charge in [-0.25, -0.2) is 0 Å². The Morgan fingerprint density at radius 1 is 1.14 bits per heavy atom. The van der Waals surface area contributed by atoms with E-state index in [1.165, 1.54) is 26.2 Å². The Morgan fingerprint density at radius 2 is 1.59 bits per heavy atom. The summed E-state index contributed by atoms with van der Waals surface area (Å²) in [6.07, 6.45) is -0.678. The van der Waals surface area contributed by atoms with Crippen molar-refractivity contribution in [3.05, 3.63) is 44.0 Å². The second-order valence-corrected chi connectivity index (χ2v) is 4.34. The number of nitro groups is 2. The number of non-ortho nitro benzene ring substituents is 2. The Labute approximate surface area is 125 Å². The first-order chi connectivity index (χ1) is 10.3. The molecule has 0 aliphatic heterocycles. The van der Waals surface area contributed by atoms with Crippen LogP contribution in [0, 0.1) is 20.2 Å². The lowest BCUT2D eigenvalue weighted by Crippen LogP contribution is -2.36. The molecule has 0 aliphatic carbocycles. The van der Waals surface area contributed by atoms with Gasteiger partial charge in [-0.15, -0.1) is 0 Å². The molecule has 10 nitrogen and oxygen atoms in total. The zero-order valence-corrected chi connectivity index (χ0v) is 12.2. The topological polar surface area (TPSA) is 125 Å². The van der Waals surface area contributed by atoms with Gasteiger partial charge in [-0.1, -0.05) is 0 Å². The molecule has 0 spiro atoms. The maximum atomic E-state index is 12.2. The summed E-state index contributed by atoms with van der Waals surface area (Å²) in [5.74, 6) is -0.620. The van der Waals surface area contributed by atoms with Gasteiger partial charge in [0.2, 0.25) is 0 Å². The molecule has 1 aromatic rings. The van der Waals surface area contributed by atoms with E-state index in [4.69, 9.17) is 9.47 Å². The number of ether oxygens (including phenoxy) is 2. The SMILES string of the molecule is COC(CN(C)C(=O)c1cc([N+](=O)[O-])cc([N+](=O)[O-])c1)OC. The Kier molecular flexibility index (Phi) is 5.90. The van der Waals surface area contributed by atoms with Gasteiger partial charge in [0.15, 0.2) is 6.29 Å². The van der Waals surface area contributed by atoms with Crippen LogP contribution in [0.25, 0.3) is 0 Å². The summed E-state index contributed by atoms with van der Waals surface area (Å²) in [6.45, 7) is 0.0579. The maximum Gasteiger partial charge on any atom is 0.277 e. The highest BCUT2D eigenvalue weighted by molar-refractivity contribution is 5.95. The van der Waals surface area contributed by atoms with Gasteiger partial charge in [-0.3, -0.25) is 25.0 Å². The number of nitro benzene ring substituents is 2. The summed E-state index contributed by atoms with van der Waals surface area (Å²) in [4.78, 5) is 33.5. The Hall–Kier alpha value is -2.59. The molecule has 0 unspecified atom stereocenters. The molecule has 0 atom stereocenters. The number of hydrogen-bond acceptors (Lipinski definition) is 7. The second-order valence-electron chi connectivity index (χ2n) is 4.34. The van der Waals surface area contributed by atoms with E-state index in [-0.39, 0.29) is 12.1 Å². The minimum Gasteiger partial charge on any atom is -0.354 e. The van der Waals surface area contributed by atoms with Crippen molar-refractivity contribution in [2.45, 2.75) is 6.29 Å². The fourth-order valence-corrected chi connectivity index (χ4v) is 1.70. The first-order valence-electron chi connectivity index (χ1n) is 6.05. The summed E-state index contributed by atoms with van der Waals surface area (Å²) in [5.41, 5.74) is -1.21. The van der Waals surface area contributed by atoms with E-state index in [1.54, 1.807) is 0 Å². The van der Waals surface area contributed by atoms with Crippen LogP contribution >= 0.6 is 0 Å². The predicted molar refractivity (Wildman–Crippen MR) is 74.5 cm³/mol. The predicted octanol–water partition coefficient (Wildman–Crippen LogP) is 1.19. The number of hydrogen-bond donors (Lipinski definition) is 0. The molecule has 0 saturated carbocycles. The molecule has 1 amide bonds. The number of carbonyl (C=O) groups excluding carboxylic acids is 1. The zero-order valence-electron chi connectivity index (χ0n) is 12.2. The van der Waals surface area contributed by atoms with Crippen LogP contribution in [0.2, 0.25) is 0 Å². The quantitative estimate of drug-likeness (QED) is 0.420. The standard InChI is InChI=1S/C12H15N3O7/c1-13(7-11(21-2)22-3)12(16)8-4-9(14(17)18)6-10(5-8)15(19)20/h4-6,11H,7H2,1-3H3. The molecule has 0 bridgehead atoms. The van der Waals surface area contributed by atoms with Crippen molar-refractivity contribution >= 4 is 17.3 Å². The lowest BCUT2D eigenvalue weighted by molar-refractivity contribution is -0.394. The van der Waals surface area contributed by atoms with Crippen LogP contribution in [0.1, 0.15) is 10.4 Å². The third-order valence-electron chi connectivity index (χ3n) is 2.87. The lowest BCUT2D eigenvalue weighted by atomic mass is 10.1. The van der Waals surface area contributed by atoms with Crippen LogP contribution < -0.4 is 0 Å². The molecule has 1 aromatic carbocycles. The summed E-state index contributed by atoms with van der Waals surface area (Å²) >= 11 is 0. The molecule has 0 aliphatic rings. The van der Waals surface area contributed by atoms with Gasteiger partial charge < -0.3 is 14.4 Å². The van der Waals surface area contributed by atoms with Crippen molar-refractivity contribution in [3.8, 4) is 0 Å². The van der Waals surface area contributed by atoms with Gasteiger partial charge >= 0.3 is 0 Å². The van der Waals surface area contributed by atoms with Crippen LogP contribution in [0.5, 0.6) is 0 Å². The zero-order chi connectivity index (χ0) is 16.9. The van der Waals surface area contributed by atoms with E-state index in [2.05, 4.69) is 0 Å². The number of methoxy groups -OCH3 is 2. The van der Waals surface area contributed by atoms with Crippen molar-refractivity contribution in [3.63, 3.8) is 0 Å². The van der Waals surface area contributed by atoms with E-state index in [9.17, 15) is 25.0 Å². The fourth-order valence-electron chi connectivity index (χ4n) is 1.70. The average Bonchev–Trinajstić information content (AvgIpc) is 2.50. The first kappa shape index (κ1) is 17.5. The summed E-state index contributed by atoms with van der Waals surface area (Å²) in [5, 5.41) is 21.6. The van der Waals surface area contributed by atoms with E-state index in [0.29, 0.717) is 0 Å². The highest BCUT2D eigenvalue weighted by Gasteiger charge is 2.23. The normalized spacial score (nSPS) is 10.5. The third-order valence-corrected chi connectivity index (χ3v) is 2.87. The number of rotatable bonds is 7. The first-order valence-corrected chi connectivity index (χ1v) is 6.05. The number of likely N-dealkylation sites (N-methyl/N-ethyl adjacent to an activating group) is 1. The highest BCUT2D eigenvalue weighted by Crippen LogP contribution is 2.23. The molecule has 10 heteroatoms. The van der Waals surface area contributed by atoms with Crippen molar-refractivity contribution in [1.29, 1.82) is 0 Å². The van der Waals surface area contributed by atoms with Crippen LogP contribution in [0.4, 0.5) is 11.4 Å². The molecule has 22 heavy (non-hydrogen) atoms. The molecule has 0 N–H and O–H groups in total. The molecule has 0 radical (unpaired) electrons. The smallest absolute Gasteiger partial charge is 0.277 e. The lowest BCUT2D eigenvalue weighted by Gasteiger charge is -2.22. The minimum atomic E-state index is -0.795. The van der Waals surface area contributed by atoms with Gasteiger partial charge in [0.25, 0.3) is 17.3 Å². The van der Waals surface area contributed by atoms with E-state index in [1.807, 2.05) is 0 Å². The van der Waals surface area contributed by atoms with Crippen LogP contribution in [-0.4, -0.2) is 54.8 Å².